The maximum absolute atomic E-state index is 11.9. The lowest BCUT2D eigenvalue weighted by atomic mass is 9.93. The van der Waals surface area contributed by atoms with Crippen molar-refractivity contribution in [3.05, 3.63) is 59.1 Å². The predicted octanol–water partition coefficient (Wildman–Crippen LogP) is 4.98. The zero-order chi connectivity index (χ0) is 17.0. The highest BCUT2D eigenvalue weighted by molar-refractivity contribution is 8.14. The van der Waals surface area contributed by atoms with Crippen LogP contribution in [0.4, 0.5) is 0 Å². The van der Waals surface area contributed by atoms with Gasteiger partial charge in [-0.05, 0) is 29.2 Å². The van der Waals surface area contributed by atoms with E-state index in [4.69, 9.17) is 11.6 Å². The summed E-state index contributed by atoms with van der Waals surface area (Å²) >= 11 is 7.18. The van der Waals surface area contributed by atoms with Gasteiger partial charge in [0.1, 0.15) is 4.75 Å². The Hall–Kier alpha value is -1.78. The maximum Gasteiger partial charge on any atom is 0.324 e. The second kappa shape index (κ2) is 7.20. The van der Waals surface area contributed by atoms with Crippen LogP contribution in [0.2, 0.25) is 5.02 Å². The van der Waals surface area contributed by atoms with Gasteiger partial charge in [-0.25, -0.2) is 0 Å². The van der Waals surface area contributed by atoms with E-state index in [9.17, 15) is 14.7 Å². The Morgan fingerprint density at radius 1 is 1.13 bits per heavy atom. The van der Waals surface area contributed by atoms with Crippen molar-refractivity contribution in [1.82, 2.24) is 0 Å². The number of carboxylic acid groups (broad SMARTS) is 1. The molecule has 0 fully saturated rings. The quantitative estimate of drug-likeness (QED) is 0.828. The van der Waals surface area contributed by atoms with Crippen LogP contribution < -0.4 is 0 Å². The SMILES string of the molecule is CCC(SC(C)=O)(C(=O)O)c1ccc(-c2ccccc2)cc1Cl. The van der Waals surface area contributed by atoms with Gasteiger partial charge in [-0.2, -0.15) is 0 Å². The van der Waals surface area contributed by atoms with Gasteiger partial charge in [0.2, 0.25) is 0 Å². The Balaban J connectivity index is 2.54. The van der Waals surface area contributed by atoms with E-state index in [1.807, 2.05) is 36.4 Å². The molecule has 0 radical (unpaired) electrons. The van der Waals surface area contributed by atoms with E-state index < -0.39 is 10.7 Å². The Labute approximate surface area is 144 Å². The Bertz CT molecular complexity index is 730. The molecule has 1 N–H and O–H groups in total. The van der Waals surface area contributed by atoms with Gasteiger partial charge in [-0.1, -0.05) is 72.8 Å². The van der Waals surface area contributed by atoms with E-state index in [-0.39, 0.29) is 11.5 Å². The van der Waals surface area contributed by atoms with Crippen LogP contribution in [0.25, 0.3) is 11.1 Å². The van der Waals surface area contributed by atoms with Crippen molar-refractivity contribution >= 4 is 34.4 Å². The van der Waals surface area contributed by atoms with Gasteiger partial charge in [0, 0.05) is 11.9 Å². The summed E-state index contributed by atoms with van der Waals surface area (Å²) in [7, 11) is 0. The molecule has 0 aliphatic carbocycles. The van der Waals surface area contributed by atoms with Crippen molar-refractivity contribution in [2.24, 2.45) is 0 Å². The van der Waals surface area contributed by atoms with Crippen molar-refractivity contribution in [3.63, 3.8) is 0 Å². The van der Waals surface area contributed by atoms with Crippen LogP contribution in [0, 0.1) is 0 Å². The number of carbonyl (C=O) groups excluding carboxylic acids is 1. The highest BCUT2D eigenvalue weighted by atomic mass is 35.5. The number of hydrogen-bond donors (Lipinski definition) is 1. The molecular formula is C18H17ClO3S. The first-order chi connectivity index (χ1) is 10.9. The molecule has 5 heteroatoms. The summed E-state index contributed by atoms with van der Waals surface area (Å²) in [5.41, 5.74) is 2.36. The van der Waals surface area contributed by atoms with Crippen LogP contribution in [0.1, 0.15) is 25.8 Å². The Kier molecular flexibility index (Phi) is 5.50. The fourth-order valence-electron chi connectivity index (χ4n) is 2.53. The number of carboxylic acids is 1. The van der Waals surface area contributed by atoms with E-state index >= 15 is 0 Å². The third-order valence-corrected chi connectivity index (χ3v) is 5.30. The molecule has 0 saturated carbocycles. The van der Waals surface area contributed by atoms with Gasteiger partial charge in [0.25, 0.3) is 0 Å². The molecule has 0 amide bonds. The first-order valence-electron chi connectivity index (χ1n) is 7.19. The molecule has 0 heterocycles. The van der Waals surface area contributed by atoms with Crippen LogP contribution in [0.5, 0.6) is 0 Å². The topological polar surface area (TPSA) is 54.4 Å². The number of aliphatic carboxylic acids is 1. The molecule has 0 aliphatic rings. The highest BCUT2D eigenvalue weighted by Crippen LogP contribution is 2.44. The molecule has 2 rings (SSSR count). The van der Waals surface area contributed by atoms with Gasteiger partial charge in [-0.3, -0.25) is 9.59 Å². The molecule has 2 aromatic carbocycles. The second-order valence-corrected chi connectivity index (χ2v) is 7.02. The highest BCUT2D eigenvalue weighted by Gasteiger charge is 2.42. The number of benzene rings is 2. The van der Waals surface area contributed by atoms with Crippen LogP contribution in [0.15, 0.2) is 48.5 Å². The average Bonchev–Trinajstić information content (AvgIpc) is 2.53. The van der Waals surface area contributed by atoms with Crippen LogP contribution in [-0.2, 0) is 14.3 Å². The lowest BCUT2D eigenvalue weighted by Gasteiger charge is -2.28. The number of halogens is 1. The van der Waals surface area contributed by atoms with E-state index in [1.54, 1.807) is 19.1 Å². The molecule has 2 aromatic rings. The molecule has 0 spiro atoms. The summed E-state index contributed by atoms with van der Waals surface area (Å²) in [6.07, 6.45) is 0.261. The van der Waals surface area contributed by atoms with Gasteiger partial charge in [0.15, 0.2) is 5.12 Å². The number of rotatable bonds is 5. The average molecular weight is 349 g/mol. The molecule has 3 nitrogen and oxygen atoms in total. The third-order valence-electron chi connectivity index (χ3n) is 3.67. The number of thioether (sulfide) groups is 1. The molecule has 0 bridgehead atoms. The zero-order valence-corrected chi connectivity index (χ0v) is 14.4. The summed E-state index contributed by atoms with van der Waals surface area (Å²) in [4.78, 5) is 23.4. The monoisotopic (exact) mass is 348 g/mol. The van der Waals surface area contributed by atoms with Gasteiger partial charge >= 0.3 is 5.97 Å². The normalized spacial score (nSPS) is 13.3. The summed E-state index contributed by atoms with van der Waals surface area (Å²) in [6.45, 7) is 3.11. The molecule has 0 aliphatic heterocycles. The Morgan fingerprint density at radius 3 is 2.26 bits per heavy atom. The lowest BCUT2D eigenvalue weighted by Crippen LogP contribution is -2.33. The van der Waals surface area contributed by atoms with Crippen molar-refractivity contribution in [2.75, 3.05) is 0 Å². The maximum atomic E-state index is 11.9. The van der Waals surface area contributed by atoms with Crippen LogP contribution in [-0.4, -0.2) is 16.2 Å². The minimum Gasteiger partial charge on any atom is -0.480 e. The minimum absolute atomic E-state index is 0.252. The van der Waals surface area contributed by atoms with Gasteiger partial charge in [-0.15, -0.1) is 0 Å². The predicted molar refractivity (Wildman–Crippen MR) is 94.8 cm³/mol. The van der Waals surface area contributed by atoms with Gasteiger partial charge in [0.05, 0.1) is 0 Å². The van der Waals surface area contributed by atoms with Crippen molar-refractivity contribution in [2.45, 2.75) is 25.0 Å². The van der Waals surface area contributed by atoms with Crippen LogP contribution >= 0.6 is 23.4 Å². The zero-order valence-electron chi connectivity index (χ0n) is 12.9. The first kappa shape index (κ1) is 17.6. The van der Waals surface area contributed by atoms with E-state index in [0.717, 1.165) is 22.9 Å². The second-order valence-electron chi connectivity index (χ2n) is 5.14. The van der Waals surface area contributed by atoms with Crippen molar-refractivity contribution in [3.8, 4) is 11.1 Å². The fourth-order valence-corrected chi connectivity index (χ4v) is 3.93. The minimum atomic E-state index is -1.36. The number of carbonyl (C=O) groups is 2. The third kappa shape index (κ3) is 3.59. The molecule has 120 valence electrons. The summed E-state index contributed by atoms with van der Waals surface area (Å²) in [5.74, 6) is -1.06. The fraction of sp³-hybridized carbons (Fsp3) is 0.222. The van der Waals surface area contributed by atoms with Crippen LogP contribution in [0.3, 0.4) is 0 Å². The smallest absolute Gasteiger partial charge is 0.324 e. The summed E-state index contributed by atoms with van der Waals surface area (Å²) in [6, 6.07) is 15.0. The van der Waals surface area contributed by atoms with E-state index in [0.29, 0.717) is 10.6 Å². The van der Waals surface area contributed by atoms with E-state index in [1.165, 1.54) is 6.92 Å². The molecule has 23 heavy (non-hydrogen) atoms. The summed E-state index contributed by atoms with van der Waals surface area (Å²) < 4.78 is -1.36. The summed E-state index contributed by atoms with van der Waals surface area (Å²) in [5, 5.41) is 9.80. The van der Waals surface area contributed by atoms with Gasteiger partial charge < -0.3 is 5.11 Å². The van der Waals surface area contributed by atoms with Crippen molar-refractivity contribution in [1.29, 1.82) is 0 Å². The molecule has 0 aromatic heterocycles. The van der Waals surface area contributed by atoms with Crippen molar-refractivity contribution < 1.29 is 14.7 Å². The lowest BCUT2D eigenvalue weighted by molar-refractivity contribution is -0.140. The molecule has 1 unspecified atom stereocenters. The largest absolute Gasteiger partial charge is 0.480 e. The standard InChI is InChI=1S/C18H17ClO3S/c1-3-18(17(21)22,23-12(2)20)15-10-9-14(11-16(15)19)13-7-5-4-6-8-13/h4-11H,3H2,1-2H3,(H,21,22). The molecule has 0 saturated heterocycles. The molecular weight excluding hydrogens is 332 g/mol. The first-order valence-corrected chi connectivity index (χ1v) is 8.38. The molecule has 1 atom stereocenters. The van der Waals surface area contributed by atoms with E-state index in [2.05, 4.69) is 0 Å². The number of hydrogen-bond acceptors (Lipinski definition) is 3. The Morgan fingerprint density at radius 2 is 1.78 bits per heavy atom.